The molecule has 0 aliphatic carbocycles. The molecule has 49 heavy (non-hydrogen) atoms. The number of nitrogens with zero attached hydrogens (tertiary/aromatic N) is 3. The smallest absolute Gasteiger partial charge is 0.271 e. The number of fused-ring (bicyclic) bond motifs is 2. The Balaban J connectivity index is 1.37. The molecule has 246 valence electrons. The summed E-state index contributed by atoms with van der Waals surface area (Å²) in [5.41, 5.74) is 4.79. The number of halogens is 2. The number of rotatable bonds is 8. The van der Waals surface area contributed by atoms with Crippen LogP contribution in [-0.4, -0.2) is 29.3 Å². The van der Waals surface area contributed by atoms with Crippen LogP contribution in [0, 0.1) is 0 Å². The second-order valence-electron chi connectivity index (χ2n) is 11.5. The molecule has 0 saturated carbocycles. The Morgan fingerprint density at radius 2 is 1.69 bits per heavy atom. The number of thiazole rings is 1. The van der Waals surface area contributed by atoms with Gasteiger partial charge in [-0.15, -0.1) is 0 Å². The number of ether oxygens (including phenoxy) is 2. The monoisotopic (exact) mass is 708 g/mol. The molecule has 6 aromatic rings. The molecule has 4 aromatic carbocycles. The molecule has 1 atom stereocenters. The minimum atomic E-state index is -0.780. The van der Waals surface area contributed by atoms with Crippen LogP contribution in [0.5, 0.6) is 11.5 Å². The number of methoxy groups -OCH3 is 2. The van der Waals surface area contributed by atoms with E-state index < -0.39 is 6.04 Å². The highest BCUT2D eigenvalue weighted by atomic mass is 35.5. The van der Waals surface area contributed by atoms with Gasteiger partial charge in [-0.2, -0.15) is 0 Å². The first-order valence-corrected chi connectivity index (χ1v) is 17.0. The zero-order valence-corrected chi connectivity index (χ0v) is 29.1. The van der Waals surface area contributed by atoms with Gasteiger partial charge in [-0.05, 0) is 66.6 Å². The largest absolute Gasteiger partial charge is 0.493 e. The van der Waals surface area contributed by atoms with Gasteiger partial charge in [-0.3, -0.25) is 14.2 Å². The van der Waals surface area contributed by atoms with Crippen molar-refractivity contribution in [2.75, 3.05) is 19.5 Å². The fourth-order valence-electron chi connectivity index (χ4n) is 6.17. The molecule has 0 bridgehead atoms. The summed E-state index contributed by atoms with van der Waals surface area (Å²) in [6.45, 7) is 2.35. The summed E-state index contributed by atoms with van der Waals surface area (Å²) in [6.07, 6.45) is 3.92. The molecule has 0 spiro atoms. The molecule has 1 N–H and O–H groups in total. The topological polar surface area (TPSA) is 86.9 Å². The predicted octanol–water partition coefficient (Wildman–Crippen LogP) is 7.20. The van der Waals surface area contributed by atoms with Crippen LogP contribution in [0.15, 0.2) is 118 Å². The third-order valence-electron chi connectivity index (χ3n) is 8.46. The fourth-order valence-corrected chi connectivity index (χ4v) is 7.53. The highest BCUT2D eigenvalue weighted by Crippen LogP contribution is 2.36. The number of amides is 1. The second kappa shape index (κ2) is 13.4. The zero-order valence-electron chi connectivity index (χ0n) is 26.7. The van der Waals surface area contributed by atoms with Crippen molar-refractivity contribution >= 4 is 63.1 Å². The molecule has 1 aliphatic rings. The summed E-state index contributed by atoms with van der Waals surface area (Å²) in [5.74, 6) is 0.660. The van der Waals surface area contributed by atoms with Crippen LogP contribution >= 0.6 is 34.5 Å². The van der Waals surface area contributed by atoms with Crippen molar-refractivity contribution in [1.82, 2.24) is 9.13 Å². The van der Waals surface area contributed by atoms with Crippen molar-refractivity contribution in [2.45, 2.75) is 19.5 Å². The van der Waals surface area contributed by atoms with Gasteiger partial charge in [0.2, 0.25) is 0 Å². The Labute approximate surface area is 295 Å². The minimum Gasteiger partial charge on any atom is -0.493 e. The van der Waals surface area contributed by atoms with Gasteiger partial charge in [0, 0.05) is 34.9 Å². The van der Waals surface area contributed by atoms with E-state index in [1.54, 1.807) is 43.9 Å². The number of nitrogens with one attached hydrogen (secondary N) is 1. The van der Waals surface area contributed by atoms with E-state index in [2.05, 4.69) is 9.88 Å². The van der Waals surface area contributed by atoms with E-state index in [4.69, 9.17) is 37.7 Å². The number of allylic oxidation sites excluding steroid dienone is 1. The van der Waals surface area contributed by atoms with Gasteiger partial charge >= 0.3 is 0 Å². The number of carbonyl (C=O) groups is 1. The molecule has 7 rings (SSSR count). The van der Waals surface area contributed by atoms with E-state index in [1.165, 1.54) is 11.3 Å². The third kappa shape index (κ3) is 6.17. The third-order valence-corrected chi connectivity index (χ3v) is 10.2. The standard InChI is InChI=1S/C38H30Cl2N4O4S/c1-22-34(36(45)42-26-9-5-4-6-10-26)35(24-14-16-31(47-2)32(18-24)48-3)44-37(46)33(49-38(44)41-22)19-25-21-43(30-12-8-7-11-27(25)30)20-23-13-15-28(39)29(40)17-23/h4-19,21,35H,20H2,1-3H3,(H,42,45)/b33-19-/t35-/m1/s1. The summed E-state index contributed by atoms with van der Waals surface area (Å²) >= 11 is 13.8. The molecule has 11 heteroatoms. The van der Waals surface area contributed by atoms with E-state index in [1.807, 2.05) is 85.1 Å². The van der Waals surface area contributed by atoms with E-state index in [0.29, 0.717) is 59.9 Å². The van der Waals surface area contributed by atoms with E-state index >= 15 is 0 Å². The zero-order chi connectivity index (χ0) is 34.2. The van der Waals surface area contributed by atoms with Crippen molar-refractivity contribution in [2.24, 2.45) is 4.99 Å². The maximum atomic E-state index is 14.5. The molecular weight excluding hydrogens is 679 g/mol. The Kier molecular flexibility index (Phi) is 8.90. The maximum absolute atomic E-state index is 14.5. The molecule has 2 aromatic heterocycles. The van der Waals surface area contributed by atoms with Gasteiger partial charge in [-0.25, -0.2) is 4.99 Å². The van der Waals surface area contributed by atoms with E-state index in [0.717, 1.165) is 22.0 Å². The lowest BCUT2D eigenvalue weighted by Gasteiger charge is -2.26. The first-order valence-electron chi connectivity index (χ1n) is 15.4. The number of benzene rings is 4. The van der Waals surface area contributed by atoms with Crippen LogP contribution in [0.4, 0.5) is 5.69 Å². The average Bonchev–Trinajstić information content (AvgIpc) is 3.61. The molecule has 1 aliphatic heterocycles. The normalized spacial score (nSPS) is 14.5. The van der Waals surface area contributed by atoms with Crippen LogP contribution in [0.25, 0.3) is 17.0 Å². The highest BCUT2D eigenvalue weighted by molar-refractivity contribution is 7.07. The lowest BCUT2D eigenvalue weighted by molar-refractivity contribution is -0.113. The molecule has 0 unspecified atom stereocenters. The van der Waals surface area contributed by atoms with Crippen molar-refractivity contribution in [1.29, 1.82) is 0 Å². The highest BCUT2D eigenvalue weighted by Gasteiger charge is 2.33. The Morgan fingerprint density at radius 1 is 0.939 bits per heavy atom. The van der Waals surface area contributed by atoms with Gasteiger partial charge in [0.25, 0.3) is 11.5 Å². The molecule has 1 amide bonds. The van der Waals surface area contributed by atoms with Gasteiger partial charge in [-0.1, -0.05) is 83.1 Å². The molecule has 0 radical (unpaired) electrons. The Bertz CT molecular complexity index is 2470. The minimum absolute atomic E-state index is 0.262. The summed E-state index contributed by atoms with van der Waals surface area (Å²) in [7, 11) is 3.11. The molecule has 0 saturated heterocycles. The Hall–Kier alpha value is -5.09. The maximum Gasteiger partial charge on any atom is 0.271 e. The first kappa shape index (κ1) is 32.5. The van der Waals surface area contributed by atoms with Gasteiger partial charge in [0.05, 0.1) is 46.1 Å². The summed E-state index contributed by atoms with van der Waals surface area (Å²) in [4.78, 5) is 33.7. The molecular formula is C38H30Cl2N4O4S. The molecule has 3 heterocycles. The quantitative estimate of drug-likeness (QED) is 0.181. The Morgan fingerprint density at radius 3 is 2.45 bits per heavy atom. The van der Waals surface area contributed by atoms with Gasteiger partial charge in [0.15, 0.2) is 16.3 Å². The lowest BCUT2D eigenvalue weighted by atomic mass is 9.94. The van der Waals surface area contributed by atoms with Crippen molar-refractivity contribution in [3.05, 3.63) is 155 Å². The van der Waals surface area contributed by atoms with Crippen LogP contribution in [0.1, 0.15) is 29.7 Å². The number of anilines is 1. The summed E-state index contributed by atoms with van der Waals surface area (Å²) in [5, 5.41) is 4.97. The van der Waals surface area contributed by atoms with Crippen molar-refractivity contribution < 1.29 is 14.3 Å². The number of carbonyl (C=O) groups excluding carboxylic acids is 1. The van der Waals surface area contributed by atoms with E-state index in [9.17, 15) is 9.59 Å². The second-order valence-corrected chi connectivity index (χ2v) is 13.3. The molecule has 8 nitrogen and oxygen atoms in total. The van der Waals surface area contributed by atoms with E-state index in [-0.39, 0.29) is 11.5 Å². The number of hydrogen-bond donors (Lipinski definition) is 1. The first-order chi connectivity index (χ1) is 23.7. The summed E-state index contributed by atoms with van der Waals surface area (Å²) < 4.78 is 15.3. The van der Waals surface area contributed by atoms with Crippen LogP contribution in [-0.2, 0) is 11.3 Å². The molecule has 0 fully saturated rings. The van der Waals surface area contributed by atoms with Crippen molar-refractivity contribution in [3.8, 4) is 11.5 Å². The lowest BCUT2D eigenvalue weighted by Crippen LogP contribution is -2.40. The van der Waals surface area contributed by atoms with Crippen LogP contribution < -0.4 is 29.7 Å². The van der Waals surface area contributed by atoms with Crippen molar-refractivity contribution in [3.63, 3.8) is 0 Å². The average molecular weight is 710 g/mol. The number of para-hydroxylation sites is 2. The van der Waals surface area contributed by atoms with Crippen LogP contribution in [0.3, 0.4) is 0 Å². The van der Waals surface area contributed by atoms with Crippen LogP contribution in [0.2, 0.25) is 10.0 Å². The van der Waals surface area contributed by atoms with Gasteiger partial charge < -0.3 is 19.4 Å². The summed E-state index contributed by atoms with van der Waals surface area (Å²) in [6, 6.07) is 27.5. The van der Waals surface area contributed by atoms with Gasteiger partial charge in [0.1, 0.15) is 0 Å². The number of hydrogen-bond acceptors (Lipinski definition) is 6. The fraction of sp³-hybridized carbons (Fsp3) is 0.132. The predicted molar refractivity (Wildman–Crippen MR) is 196 cm³/mol. The SMILES string of the molecule is COc1ccc([C@@H]2C(C(=O)Nc3ccccc3)=C(C)N=c3s/c(=C\c4cn(Cc5ccc(Cl)c(Cl)c5)c5ccccc45)c(=O)n32)cc1OC. The number of aromatic nitrogens is 2.